The summed E-state index contributed by atoms with van der Waals surface area (Å²) in [6.07, 6.45) is 4.69. The summed E-state index contributed by atoms with van der Waals surface area (Å²) in [7, 11) is 0. The third-order valence-corrected chi connectivity index (χ3v) is 3.85. The van der Waals surface area contributed by atoms with Crippen LogP contribution in [-0.4, -0.2) is 55.9 Å². The Morgan fingerprint density at radius 2 is 1.95 bits per heavy atom. The molecule has 1 fully saturated rings. The van der Waals surface area contributed by atoms with Gasteiger partial charge in [-0.15, -0.1) is 0 Å². The molecule has 5 nitrogen and oxygen atoms in total. The Morgan fingerprint density at radius 3 is 2.60 bits per heavy atom. The van der Waals surface area contributed by atoms with Crippen molar-refractivity contribution in [2.45, 2.75) is 58.5 Å². The SMILES string of the molecule is CCCCCC(C)NC(=O)NCC(C)N1CCOCC1. The number of unbranched alkanes of at least 4 members (excludes halogenated alkanes) is 2. The molecular formula is C15H31N3O2. The number of carbonyl (C=O) groups excluding carboxylic acids is 1. The minimum atomic E-state index is -0.0471. The molecule has 0 bridgehead atoms. The number of rotatable bonds is 8. The first-order valence-electron chi connectivity index (χ1n) is 7.99. The largest absolute Gasteiger partial charge is 0.379 e. The molecule has 0 aromatic rings. The van der Waals surface area contributed by atoms with Crippen molar-refractivity contribution in [2.24, 2.45) is 0 Å². The Hall–Kier alpha value is -0.810. The van der Waals surface area contributed by atoms with E-state index in [-0.39, 0.29) is 12.1 Å². The van der Waals surface area contributed by atoms with Crippen molar-refractivity contribution in [1.82, 2.24) is 15.5 Å². The lowest BCUT2D eigenvalue weighted by Crippen LogP contribution is -2.49. The molecule has 0 spiro atoms. The van der Waals surface area contributed by atoms with Gasteiger partial charge in [-0.05, 0) is 20.3 Å². The van der Waals surface area contributed by atoms with E-state index in [1.165, 1.54) is 19.3 Å². The Labute approximate surface area is 123 Å². The molecule has 5 heteroatoms. The maximum absolute atomic E-state index is 11.8. The van der Waals surface area contributed by atoms with E-state index < -0.39 is 0 Å². The van der Waals surface area contributed by atoms with Crippen molar-refractivity contribution in [2.75, 3.05) is 32.8 Å². The van der Waals surface area contributed by atoms with Crippen LogP contribution in [0.2, 0.25) is 0 Å². The van der Waals surface area contributed by atoms with Crippen LogP contribution < -0.4 is 10.6 Å². The van der Waals surface area contributed by atoms with Crippen molar-refractivity contribution >= 4 is 6.03 Å². The van der Waals surface area contributed by atoms with Crippen LogP contribution in [0.5, 0.6) is 0 Å². The Bertz CT molecular complexity index is 268. The lowest BCUT2D eigenvalue weighted by Gasteiger charge is -2.32. The summed E-state index contributed by atoms with van der Waals surface area (Å²) >= 11 is 0. The summed E-state index contributed by atoms with van der Waals surface area (Å²) in [5.74, 6) is 0. The zero-order chi connectivity index (χ0) is 14.8. The lowest BCUT2D eigenvalue weighted by atomic mass is 10.1. The first-order chi connectivity index (χ1) is 9.63. The number of amides is 2. The molecule has 20 heavy (non-hydrogen) atoms. The quantitative estimate of drug-likeness (QED) is 0.671. The van der Waals surface area contributed by atoms with Crippen LogP contribution in [0.4, 0.5) is 4.79 Å². The molecule has 0 aromatic heterocycles. The summed E-state index contributed by atoms with van der Waals surface area (Å²) in [6, 6.07) is 0.564. The molecule has 1 saturated heterocycles. The zero-order valence-corrected chi connectivity index (χ0v) is 13.3. The van der Waals surface area contributed by atoms with E-state index in [2.05, 4.69) is 36.3 Å². The van der Waals surface area contributed by atoms with Crippen molar-refractivity contribution < 1.29 is 9.53 Å². The molecule has 0 aromatic carbocycles. The van der Waals surface area contributed by atoms with E-state index >= 15 is 0 Å². The van der Waals surface area contributed by atoms with Crippen LogP contribution in [0.3, 0.4) is 0 Å². The minimum absolute atomic E-state index is 0.0471. The van der Waals surface area contributed by atoms with Gasteiger partial charge in [0.1, 0.15) is 0 Å². The summed E-state index contributed by atoms with van der Waals surface area (Å²) in [5, 5.41) is 5.97. The maximum atomic E-state index is 11.8. The first kappa shape index (κ1) is 17.2. The van der Waals surface area contributed by atoms with Gasteiger partial charge in [-0.3, -0.25) is 4.90 Å². The summed E-state index contributed by atoms with van der Waals surface area (Å²) in [5.41, 5.74) is 0. The molecule has 1 aliphatic rings. The maximum Gasteiger partial charge on any atom is 0.315 e. The molecule has 1 heterocycles. The van der Waals surface area contributed by atoms with Crippen LogP contribution in [0, 0.1) is 0 Å². The highest BCUT2D eigenvalue weighted by atomic mass is 16.5. The van der Waals surface area contributed by atoms with Crippen molar-refractivity contribution in [3.63, 3.8) is 0 Å². The van der Waals surface area contributed by atoms with Gasteiger partial charge in [0, 0.05) is 31.7 Å². The third-order valence-electron chi connectivity index (χ3n) is 3.85. The summed E-state index contributed by atoms with van der Waals surface area (Å²) in [6.45, 7) is 10.6. The van der Waals surface area contributed by atoms with E-state index in [1.54, 1.807) is 0 Å². The number of morpholine rings is 1. The van der Waals surface area contributed by atoms with Gasteiger partial charge in [0.05, 0.1) is 13.2 Å². The number of nitrogens with one attached hydrogen (secondary N) is 2. The molecule has 1 aliphatic heterocycles. The molecule has 0 saturated carbocycles. The number of hydrogen-bond acceptors (Lipinski definition) is 3. The van der Waals surface area contributed by atoms with E-state index in [9.17, 15) is 4.79 Å². The van der Waals surface area contributed by atoms with Crippen molar-refractivity contribution in [1.29, 1.82) is 0 Å². The molecule has 0 aliphatic carbocycles. The molecule has 1 rings (SSSR count). The minimum Gasteiger partial charge on any atom is -0.379 e. The Morgan fingerprint density at radius 1 is 1.25 bits per heavy atom. The highest BCUT2D eigenvalue weighted by Crippen LogP contribution is 2.03. The number of urea groups is 1. The fraction of sp³-hybridized carbons (Fsp3) is 0.933. The van der Waals surface area contributed by atoms with Gasteiger partial charge in [-0.2, -0.15) is 0 Å². The lowest BCUT2D eigenvalue weighted by molar-refractivity contribution is 0.0209. The average molecular weight is 285 g/mol. The number of ether oxygens (including phenoxy) is 1. The zero-order valence-electron chi connectivity index (χ0n) is 13.3. The average Bonchev–Trinajstić information content (AvgIpc) is 2.46. The standard InChI is InChI=1S/C15H31N3O2/c1-4-5-6-7-13(2)17-15(19)16-12-14(3)18-8-10-20-11-9-18/h13-14H,4-12H2,1-3H3,(H2,16,17,19). The van der Waals surface area contributed by atoms with Gasteiger partial charge < -0.3 is 15.4 Å². The van der Waals surface area contributed by atoms with Crippen molar-refractivity contribution in [3.05, 3.63) is 0 Å². The number of hydrogen-bond donors (Lipinski definition) is 2. The fourth-order valence-electron chi connectivity index (χ4n) is 2.44. The second kappa shape index (κ2) is 10.00. The van der Waals surface area contributed by atoms with E-state index in [4.69, 9.17) is 4.74 Å². The smallest absolute Gasteiger partial charge is 0.315 e. The highest BCUT2D eigenvalue weighted by molar-refractivity contribution is 5.74. The summed E-state index contributed by atoms with van der Waals surface area (Å²) < 4.78 is 5.33. The Balaban J connectivity index is 2.11. The fourth-order valence-corrected chi connectivity index (χ4v) is 2.44. The van der Waals surface area contributed by atoms with E-state index in [1.807, 2.05) is 0 Å². The number of nitrogens with zero attached hydrogens (tertiary/aromatic N) is 1. The normalized spacial score (nSPS) is 19.4. The van der Waals surface area contributed by atoms with Gasteiger partial charge in [0.2, 0.25) is 0 Å². The van der Waals surface area contributed by atoms with Gasteiger partial charge in [0.15, 0.2) is 0 Å². The van der Waals surface area contributed by atoms with Crippen LogP contribution in [0.25, 0.3) is 0 Å². The monoisotopic (exact) mass is 285 g/mol. The Kier molecular flexibility index (Phi) is 8.62. The topological polar surface area (TPSA) is 53.6 Å². The van der Waals surface area contributed by atoms with Crippen molar-refractivity contribution in [3.8, 4) is 0 Å². The molecule has 2 N–H and O–H groups in total. The summed E-state index contributed by atoms with van der Waals surface area (Å²) in [4.78, 5) is 14.2. The van der Waals surface area contributed by atoms with Crippen LogP contribution in [0.1, 0.15) is 46.5 Å². The first-order valence-corrected chi connectivity index (χ1v) is 7.99. The second-order valence-corrected chi connectivity index (χ2v) is 5.75. The molecular weight excluding hydrogens is 254 g/mol. The van der Waals surface area contributed by atoms with Crippen LogP contribution >= 0.6 is 0 Å². The predicted octanol–water partition coefficient (Wildman–Crippen LogP) is 1.98. The molecule has 0 radical (unpaired) electrons. The molecule has 2 amide bonds. The predicted molar refractivity (Wildman–Crippen MR) is 82.0 cm³/mol. The van der Waals surface area contributed by atoms with Crippen LogP contribution in [-0.2, 0) is 4.74 Å². The highest BCUT2D eigenvalue weighted by Gasteiger charge is 2.17. The van der Waals surface area contributed by atoms with Gasteiger partial charge >= 0.3 is 6.03 Å². The van der Waals surface area contributed by atoms with Gasteiger partial charge in [-0.25, -0.2) is 4.79 Å². The van der Waals surface area contributed by atoms with Gasteiger partial charge in [0.25, 0.3) is 0 Å². The molecule has 2 atom stereocenters. The number of carbonyl (C=O) groups is 1. The van der Waals surface area contributed by atoms with E-state index in [0.717, 1.165) is 32.7 Å². The second-order valence-electron chi connectivity index (χ2n) is 5.75. The third kappa shape index (κ3) is 7.10. The molecule has 118 valence electrons. The van der Waals surface area contributed by atoms with Crippen LogP contribution in [0.15, 0.2) is 0 Å². The van der Waals surface area contributed by atoms with E-state index in [0.29, 0.717) is 12.6 Å². The van der Waals surface area contributed by atoms with Gasteiger partial charge in [-0.1, -0.05) is 26.2 Å². The molecule has 2 unspecified atom stereocenters.